The van der Waals surface area contributed by atoms with E-state index in [1.54, 1.807) is 19.2 Å². The molecule has 0 aromatic heterocycles. The molecule has 25 heavy (non-hydrogen) atoms. The Hall–Kier alpha value is -1.50. The van der Waals surface area contributed by atoms with Crippen molar-refractivity contribution in [2.45, 2.75) is 38.8 Å². The molecule has 1 aliphatic heterocycles. The number of carbonyl (C=O) groups excluding carboxylic acids is 1. The monoisotopic (exact) mass is 352 g/mol. The minimum absolute atomic E-state index is 0.0214. The molecule has 1 aromatic carbocycles. The smallest absolute Gasteiger partial charge is 0.254 e. The van der Waals surface area contributed by atoms with Crippen LogP contribution in [0.5, 0.6) is 0 Å². The molecule has 6 heteroatoms. The van der Waals surface area contributed by atoms with Crippen LogP contribution in [0.1, 0.15) is 42.1 Å². The number of halogens is 1. The first-order valence-corrected chi connectivity index (χ1v) is 9.04. The predicted octanol–water partition coefficient (Wildman–Crippen LogP) is 2.59. The molecule has 1 fully saturated rings. The molecule has 0 unspecified atom stereocenters. The number of carbonyl (C=O) groups is 1. The van der Waals surface area contributed by atoms with E-state index in [9.17, 15) is 9.18 Å². The van der Waals surface area contributed by atoms with E-state index in [0.717, 1.165) is 38.9 Å². The molecule has 1 aliphatic rings. The summed E-state index contributed by atoms with van der Waals surface area (Å²) in [6.07, 6.45) is 2.82. The highest BCUT2D eigenvalue weighted by Crippen LogP contribution is 2.19. The molecule has 1 N–H and O–H groups in total. The minimum Gasteiger partial charge on any atom is -0.382 e. The standard InChI is InChI=1S/C19H29FN2O3/c1-3-10-22(17-6-8-21-9-7-17)19(23)15-4-5-18(20)16(13-15)14-25-12-11-24-2/h4-5,13,17,21H,3,6-12,14H2,1-2H3. The van der Waals surface area contributed by atoms with E-state index in [4.69, 9.17) is 9.47 Å². The second-order valence-corrected chi connectivity index (χ2v) is 6.33. The van der Waals surface area contributed by atoms with Crippen molar-refractivity contribution in [1.29, 1.82) is 0 Å². The normalized spacial score (nSPS) is 15.3. The largest absolute Gasteiger partial charge is 0.382 e. The summed E-state index contributed by atoms with van der Waals surface area (Å²) in [5.74, 6) is -0.371. The van der Waals surface area contributed by atoms with Gasteiger partial charge in [0.1, 0.15) is 5.82 Å². The fourth-order valence-corrected chi connectivity index (χ4v) is 3.12. The summed E-state index contributed by atoms with van der Waals surface area (Å²) in [6.45, 7) is 5.64. The SMILES string of the molecule is CCCN(C(=O)c1ccc(F)c(COCCOC)c1)C1CCNCC1. The van der Waals surface area contributed by atoms with Crippen molar-refractivity contribution in [3.63, 3.8) is 0 Å². The summed E-state index contributed by atoms with van der Waals surface area (Å²) in [7, 11) is 1.59. The van der Waals surface area contributed by atoms with Crippen LogP contribution in [0.3, 0.4) is 0 Å². The fraction of sp³-hybridized carbons (Fsp3) is 0.632. The molecule has 1 saturated heterocycles. The van der Waals surface area contributed by atoms with Gasteiger partial charge in [0, 0.05) is 30.8 Å². The predicted molar refractivity (Wildman–Crippen MR) is 95.2 cm³/mol. The van der Waals surface area contributed by atoms with Gasteiger partial charge in [0.05, 0.1) is 19.8 Å². The first kappa shape index (κ1) is 19.8. The van der Waals surface area contributed by atoms with Crippen molar-refractivity contribution in [2.24, 2.45) is 0 Å². The molecule has 1 aromatic rings. The lowest BCUT2D eigenvalue weighted by Gasteiger charge is -2.34. The molecule has 2 rings (SSSR count). The van der Waals surface area contributed by atoms with E-state index < -0.39 is 0 Å². The zero-order valence-corrected chi connectivity index (χ0v) is 15.2. The molecule has 0 spiro atoms. The van der Waals surface area contributed by atoms with Gasteiger partial charge in [-0.3, -0.25) is 4.79 Å². The van der Waals surface area contributed by atoms with Gasteiger partial charge < -0.3 is 19.7 Å². The molecular weight excluding hydrogens is 323 g/mol. The van der Waals surface area contributed by atoms with Crippen LogP contribution in [0, 0.1) is 5.82 Å². The number of hydrogen-bond acceptors (Lipinski definition) is 4. The highest BCUT2D eigenvalue weighted by molar-refractivity contribution is 5.94. The number of hydrogen-bond donors (Lipinski definition) is 1. The van der Waals surface area contributed by atoms with Gasteiger partial charge in [-0.2, -0.15) is 0 Å². The Morgan fingerprint density at radius 3 is 2.76 bits per heavy atom. The molecule has 0 bridgehead atoms. The first-order valence-electron chi connectivity index (χ1n) is 9.04. The van der Waals surface area contributed by atoms with Crippen LogP contribution < -0.4 is 5.32 Å². The molecule has 1 amide bonds. The van der Waals surface area contributed by atoms with Crippen LogP contribution in [0.15, 0.2) is 18.2 Å². The van der Waals surface area contributed by atoms with E-state index >= 15 is 0 Å². The Labute approximate surface area is 149 Å². The minimum atomic E-state index is -0.349. The van der Waals surface area contributed by atoms with Gasteiger partial charge in [-0.1, -0.05) is 6.92 Å². The first-order chi connectivity index (χ1) is 12.2. The van der Waals surface area contributed by atoms with Crippen LogP contribution in [-0.4, -0.2) is 56.8 Å². The van der Waals surface area contributed by atoms with E-state index in [-0.39, 0.29) is 24.4 Å². The maximum Gasteiger partial charge on any atom is 0.254 e. The van der Waals surface area contributed by atoms with E-state index in [1.807, 2.05) is 4.90 Å². The van der Waals surface area contributed by atoms with Gasteiger partial charge in [-0.15, -0.1) is 0 Å². The molecular formula is C19H29FN2O3. The number of ether oxygens (including phenoxy) is 2. The lowest BCUT2D eigenvalue weighted by atomic mass is 10.0. The summed E-state index contributed by atoms with van der Waals surface area (Å²) in [4.78, 5) is 14.9. The Kier molecular flexibility index (Phi) is 8.31. The Bertz CT molecular complexity index is 547. The zero-order chi connectivity index (χ0) is 18.1. The number of nitrogens with one attached hydrogen (secondary N) is 1. The summed E-state index contributed by atoms with van der Waals surface area (Å²) in [5, 5.41) is 3.33. The summed E-state index contributed by atoms with van der Waals surface area (Å²) < 4.78 is 24.3. The third-order valence-corrected chi connectivity index (χ3v) is 4.46. The molecule has 0 atom stereocenters. The lowest BCUT2D eigenvalue weighted by molar-refractivity contribution is 0.0599. The number of rotatable bonds is 9. The summed E-state index contributed by atoms with van der Waals surface area (Å²) in [6, 6.07) is 4.79. The van der Waals surface area contributed by atoms with Crippen molar-refractivity contribution in [2.75, 3.05) is 40.0 Å². The zero-order valence-electron chi connectivity index (χ0n) is 15.2. The van der Waals surface area contributed by atoms with Crippen molar-refractivity contribution < 1.29 is 18.7 Å². The van der Waals surface area contributed by atoms with Crippen molar-refractivity contribution >= 4 is 5.91 Å². The van der Waals surface area contributed by atoms with Gasteiger partial charge in [0.25, 0.3) is 5.91 Å². The quantitative estimate of drug-likeness (QED) is 0.694. The van der Waals surface area contributed by atoms with E-state index in [2.05, 4.69) is 12.2 Å². The lowest BCUT2D eigenvalue weighted by Crippen LogP contribution is -2.46. The highest BCUT2D eigenvalue weighted by Gasteiger charge is 2.26. The van der Waals surface area contributed by atoms with E-state index in [0.29, 0.717) is 24.3 Å². The third kappa shape index (κ3) is 5.76. The van der Waals surface area contributed by atoms with Crippen molar-refractivity contribution in [3.8, 4) is 0 Å². The van der Waals surface area contributed by atoms with Crippen LogP contribution in [0.25, 0.3) is 0 Å². The summed E-state index contributed by atoms with van der Waals surface area (Å²) >= 11 is 0. The summed E-state index contributed by atoms with van der Waals surface area (Å²) in [5.41, 5.74) is 0.933. The average molecular weight is 352 g/mol. The van der Waals surface area contributed by atoms with Gasteiger partial charge in [-0.05, 0) is 50.6 Å². The van der Waals surface area contributed by atoms with Crippen molar-refractivity contribution in [1.82, 2.24) is 10.2 Å². The van der Waals surface area contributed by atoms with Crippen LogP contribution in [-0.2, 0) is 16.1 Å². The average Bonchev–Trinajstić information content (AvgIpc) is 2.65. The van der Waals surface area contributed by atoms with Crippen LogP contribution in [0.4, 0.5) is 4.39 Å². The Morgan fingerprint density at radius 1 is 1.32 bits per heavy atom. The Balaban J connectivity index is 2.09. The number of benzene rings is 1. The van der Waals surface area contributed by atoms with Gasteiger partial charge in [0.15, 0.2) is 0 Å². The molecule has 1 heterocycles. The van der Waals surface area contributed by atoms with Crippen LogP contribution in [0.2, 0.25) is 0 Å². The third-order valence-electron chi connectivity index (χ3n) is 4.46. The second kappa shape index (κ2) is 10.5. The molecule has 5 nitrogen and oxygen atoms in total. The molecule has 0 radical (unpaired) electrons. The van der Waals surface area contributed by atoms with Gasteiger partial charge in [-0.25, -0.2) is 4.39 Å². The fourth-order valence-electron chi connectivity index (χ4n) is 3.12. The highest BCUT2D eigenvalue weighted by atomic mass is 19.1. The number of piperidine rings is 1. The number of methoxy groups -OCH3 is 1. The number of amides is 1. The maximum absolute atomic E-state index is 14.0. The molecule has 0 aliphatic carbocycles. The maximum atomic E-state index is 14.0. The van der Waals surface area contributed by atoms with Crippen molar-refractivity contribution in [3.05, 3.63) is 35.1 Å². The molecule has 0 saturated carbocycles. The van der Waals surface area contributed by atoms with Gasteiger partial charge >= 0.3 is 0 Å². The number of nitrogens with zero attached hydrogens (tertiary/aromatic N) is 1. The molecule has 140 valence electrons. The van der Waals surface area contributed by atoms with Gasteiger partial charge in [0.2, 0.25) is 0 Å². The van der Waals surface area contributed by atoms with Crippen LogP contribution >= 0.6 is 0 Å². The topological polar surface area (TPSA) is 50.8 Å². The van der Waals surface area contributed by atoms with E-state index in [1.165, 1.54) is 6.07 Å². The second-order valence-electron chi connectivity index (χ2n) is 6.33. The Morgan fingerprint density at radius 2 is 2.08 bits per heavy atom.